The van der Waals surface area contributed by atoms with Crippen LogP contribution in [0, 0.1) is 10.1 Å². The van der Waals surface area contributed by atoms with Gasteiger partial charge in [0.15, 0.2) is 0 Å². The molecule has 0 amide bonds. The van der Waals surface area contributed by atoms with Gasteiger partial charge < -0.3 is 5.11 Å². The summed E-state index contributed by atoms with van der Waals surface area (Å²) in [7, 11) is 0. The summed E-state index contributed by atoms with van der Waals surface area (Å²) in [5.74, 6) is -0.458. The van der Waals surface area contributed by atoms with Crippen molar-refractivity contribution in [2.24, 2.45) is 4.99 Å². The van der Waals surface area contributed by atoms with E-state index < -0.39 is 28.5 Å². The Balaban J connectivity index is 2.26. The Labute approximate surface area is 135 Å². The van der Waals surface area contributed by atoms with Crippen molar-refractivity contribution in [3.63, 3.8) is 0 Å². The van der Waals surface area contributed by atoms with Crippen LogP contribution in [-0.2, 0) is 6.18 Å². The minimum Gasteiger partial charge on any atom is -0.872 e. The first-order valence-corrected chi connectivity index (χ1v) is 6.84. The number of benzene rings is 2. The topological polar surface area (TPSA) is 78.6 Å². The third kappa shape index (κ3) is 4.09. The van der Waals surface area contributed by atoms with Gasteiger partial charge in [0.05, 0.1) is 16.5 Å². The van der Waals surface area contributed by atoms with Crippen LogP contribution in [0.5, 0.6) is 5.75 Å². The van der Waals surface area contributed by atoms with Crippen molar-refractivity contribution >= 4 is 11.9 Å². The quantitative estimate of drug-likeness (QED) is 0.483. The lowest BCUT2D eigenvalue weighted by atomic mass is 10.1. The van der Waals surface area contributed by atoms with Gasteiger partial charge in [-0.2, -0.15) is 13.2 Å². The molecule has 0 aliphatic carbocycles. The first-order chi connectivity index (χ1) is 11.2. The van der Waals surface area contributed by atoms with Gasteiger partial charge in [-0.15, -0.1) is 0 Å². The molecule has 8 heteroatoms. The zero-order valence-corrected chi connectivity index (χ0v) is 12.4. The standard InChI is InChI=1S/C16H13F3N2O3/c1-10(11-3-2-4-13(7-11)16(17,18)19)20-9-12-8-14(21(23)24)5-6-15(12)22/h2-10,22H,1H3/p-1/t10-/m0/s1. The number of non-ortho nitro benzene ring substituents is 1. The second-order valence-corrected chi connectivity index (χ2v) is 5.06. The minimum absolute atomic E-state index is 0.00280. The van der Waals surface area contributed by atoms with E-state index in [1.807, 2.05) is 0 Å². The number of alkyl halides is 3. The van der Waals surface area contributed by atoms with Crippen molar-refractivity contribution in [3.8, 4) is 5.75 Å². The van der Waals surface area contributed by atoms with E-state index in [0.717, 1.165) is 36.5 Å². The second kappa shape index (κ2) is 6.69. The lowest BCUT2D eigenvalue weighted by Gasteiger charge is -2.12. The summed E-state index contributed by atoms with van der Waals surface area (Å²) < 4.78 is 38.1. The average molecular weight is 337 g/mol. The smallest absolute Gasteiger partial charge is 0.416 e. The van der Waals surface area contributed by atoms with Crippen molar-refractivity contribution in [1.82, 2.24) is 0 Å². The van der Waals surface area contributed by atoms with Gasteiger partial charge in [-0.25, -0.2) is 0 Å². The third-order valence-corrected chi connectivity index (χ3v) is 3.34. The molecule has 0 unspecified atom stereocenters. The predicted molar refractivity (Wildman–Crippen MR) is 80.0 cm³/mol. The van der Waals surface area contributed by atoms with E-state index in [1.165, 1.54) is 12.1 Å². The number of nitro groups is 1. The summed E-state index contributed by atoms with van der Waals surface area (Å²) in [5.41, 5.74) is -0.730. The molecule has 0 N–H and O–H groups in total. The fourth-order valence-corrected chi connectivity index (χ4v) is 2.00. The molecular formula is C16H12F3N2O3-. The Hall–Kier alpha value is -2.90. The SMILES string of the molecule is C[C@H](N=Cc1cc([N+](=O)[O-])ccc1[O-])c1cccc(C(F)(F)F)c1. The van der Waals surface area contributed by atoms with Gasteiger partial charge in [0, 0.05) is 18.3 Å². The van der Waals surface area contributed by atoms with E-state index in [-0.39, 0.29) is 11.3 Å². The number of nitro benzene ring substituents is 1. The third-order valence-electron chi connectivity index (χ3n) is 3.34. The van der Waals surface area contributed by atoms with Crippen LogP contribution in [0.25, 0.3) is 0 Å². The van der Waals surface area contributed by atoms with Gasteiger partial charge in [-0.3, -0.25) is 15.1 Å². The van der Waals surface area contributed by atoms with Gasteiger partial charge in [-0.1, -0.05) is 23.9 Å². The van der Waals surface area contributed by atoms with Crippen LogP contribution in [-0.4, -0.2) is 11.1 Å². The Morgan fingerprint density at radius 2 is 1.92 bits per heavy atom. The Bertz CT molecular complexity index is 788. The summed E-state index contributed by atoms with van der Waals surface area (Å²) in [4.78, 5) is 14.1. The molecular weight excluding hydrogens is 325 g/mol. The zero-order chi connectivity index (χ0) is 17.9. The average Bonchev–Trinajstić information content (AvgIpc) is 2.53. The largest absolute Gasteiger partial charge is 0.872 e. The van der Waals surface area contributed by atoms with Crippen molar-refractivity contribution in [2.45, 2.75) is 19.1 Å². The summed E-state index contributed by atoms with van der Waals surface area (Å²) in [6.07, 6.45) is -3.32. The highest BCUT2D eigenvalue weighted by atomic mass is 19.4. The molecule has 0 saturated heterocycles. The molecule has 0 heterocycles. The van der Waals surface area contributed by atoms with Crippen molar-refractivity contribution in [1.29, 1.82) is 0 Å². The highest BCUT2D eigenvalue weighted by Gasteiger charge is 2.30. The molecule has 0 bridgehead atoms. The molecule has 2 aromatic carbocycles. The molecule has 2 rings (SSSR count). The maximum Gasteiger partial charge on any atom is 0.416 e. The Morgan fingerprint density at radius 3 is 2.54 bits per heavy atom. The van der Waals surface area contributed by atoms with Crippen LogP contribution >= 0.6 is 0 Å². The number of hydrogen-bond donors (Lipinski definition) is 0. The predicted octanol–water partition coefficient (Wildman–Crippen LogP) is 3.87. The number of rotatable bonds is 4. The summed E-state index contributed by atoms with van der Waals surface area (Å²) in [6, 6.07) is 7.25. The van der Waals surface area contributed by atoms with E-state index in [9.17, 15) is 28.4 Å². The highest BCUT2D eigenvalue weighted by Crippen LogP contribution is 2.31. The van der Waals surface area contributed by atoms with Crippen LogP contribution in [0.4, 0.5) is 18.9 Å². The molecule has 0 aliphatic rings. The Kier molecular flexibility index (Phi) is 4.87. The summed E-state index contributed by atoms with van der Waals surface area (Å²) in [5, 5.41) is 22.4. The molecule has 0 saturated carbocycles. The fraction of sp³-hybridized carbons (Fsp3) is 0.188. The van der Waals surface area contributed by atoms with Crippen molar-refractivity contribution in [3.05, 3.63) is 69.3 Å². The number of halogens is 3. The molecule has 126 valence electrons. The van der Waals surface area contributed by atoms with Gasteiger partial charge >= 0.3 is 6.18 Å². The maximum atomic E-state index is 12.7. The lowest BCUT2D eigenvalue weighted by molar-refractivity contribution is -0.385. The first-order valence-electron chi connectivity index (χ1n) is 6.84. The van der Waals surface area contributed by atoms with Crippen LogP contribution in [0.15, 0.2) is 47.5 Å². The van der Waals surface area contributed by atoms with Crippen molar-refractivity contribution < 1.29 is 23.2 Å². The van der Waals surface area contributed by atoms with Crippen LogP contribution in [0.1, 0.15) is 29.7 Å². The number of nitrogens with zero attached hydrogens (tertiary/aromatic N) is 2. The van der Waals surface area contributed by atoms with Gasteiger partial charge in [0.25, 0.3) is 5.69 Å². The fourth-order valence-electron chi connectivity index (χ4n) is 2.00. The van der Waals surface area contributed by atoms with Crippen LogP contribution in [0.3, 0.4) is 0 Å². The molecule has 0 aliphatic heterocycles. The zero-order valence-electron chi connectivity index (χ0n) is 12.4. The van der Waals surface area contributed by atoms with Gasteiger partial charge in [0.2, 0.25) is 0 Å². The molecule has 0 aromatic heterocycles. The van der Waals surface area contributed by atoms with Crippen LogP contribution in [0.2, 0.25) is 0 Å². The maximum absolute atomic E-state index is 12.7. The van der Waals surface area contributed by atoms with E-state index in [2.05, 4.69) is 4.99 Å². The van der Waals surface area contributed by atoms with Gasteiger partial charge in [0.1, 0.15) is 0 Å². The second-order valence-electron chi connectivity index (χ2n) is 5.06. The molecule has 2 aromatic rings. The van der Waals surface area contributed by atoms with Gasteiger partial charge in [-0.05, 0) is 30.2 Å². The minimum atomic E-state index is -4.46. The molecule has 0 radical (unpaired) electrons. The molecule has 5 nitrogen and oxygen atoms in total. The van der Waals surface area contributed by atoms with Crippen LogP contribution < -0.4 is 5.11 Å². The molecule has 0 spiro atoms. The Morgan fingerprint density at radius 1 is 1.21 bits per heavy atom. The molecule has 24 heavy (non-hydrogen) atoms. The van der Waals surface area contributed by atoms with E-state index in [1.54, 1.807) is 6.92 Å². The monoisotopic (exact) mass is 337 g/mol. The highest BCUT2D eigenvalue weighted by molar-refractivity contribution is 5.84. The molecule has 1 atom stereocenters. The lowest BCUT2D eigenvalue weighted by Crippen LogP contribution is -2.06. The van der Waals surface area contributed by atoms with E-state index in [4.69, 9.17) is 0 Å². The number of hydrogen-bond acceptors (Lipinski definition) is 4. The van der Waals surface area contributed by atoms with Crippen molar-refractivity contribution in [2.75, 3.05) is 0 Å². The normalized spacial score (nSPS) is 13.2. The summed E-state index contributed by atoms with van der Waals surface area (Å²) in [6.45, 7) is 1.56. The molecule has 0 fully saturated rings. The van der Waals surface area contributed by atoms with E-state index in [0.29, 0.717) is 5.56 Å². The first kappa shape index (κ1) is 17.5. The summed E-state index contributed by atoms with van der Waals surface area (Å²) >= 11 is 0. The van der Waals surface area contributed by atoms with E-state index >= 15 is 0 Å². The number of aliphatic imine (C=N–C) groups is 1.